The third-order valence-corrected chi connectivity index (χ3v) is 3.77. The molecule has 0 atom stereocenters. The Balaban J connectivity index is 1.83. The van der Waals surface area contributed by atoms with Crippen LogP contribution < -0.4 is 10.2 Å². The SMILES string of the molecule is CC(C)NCCC(=O)N1CCN(c2ncc(C(F)(F)F)cn2)CC1. The van der Waals surface area contributed by atoms with Gasteiger partial charge in [0, 0.05) is 57.6 Å². The quantitative estimate of drug-likeness (QED) is 0.877. The molecule has 1 amide bonds. The molecule has 1 aromatic rings. The third kappa shape index (κ3) is 5.05. The summed E-state index contributed by atoms with van der Waals surface area (Å²) in [6.45, 7) is 6.73. The highest BCUT2D eigenvalue weighted by molar-refractivity contribution is 5.76. The van der Waals surface area contributed by atoms with Crippen molar-refractivity contribution in [3.05, 3.63) is 18.0 Å². The molecule has 9 heteroatoms. The monoisotopic (exact) mass is 345 g/mol. The maximum absolute atomic E-state index is 12.5. The zero-order chi connectivity index (χ0) is 17.7. The van der Waals surface area contributed by atoms with Gasteiger partial charge in [0.15, 0.2) is 0 Å². The lowest BCUT2D eigenvalue weighted by atomic mass is 10.2. The standard InChI is InChI=1S/C15H22F3N5O/c1-11(2)19-4-3-13(24)22-5-7-23(8-6-22)14-20-9-12(10-21-14)15(16,17)18/h9-11,19H,3-8H2,1-2H3. The molecule has 134 valence electrons. The molecule has 1 fully saturated rings. The van der Waals surface area contributed by atoms with Crippen LogP contribution in [0.15, 0.2) is 12.4 Å². The van der Waals surface area contributed by atoms with Crippen LogP contribution in [0, 0.1) is 0 Å². The summed E-state index contributed by atoms with van der Waals surface area (Å²) in [5.41, 5.74) is -0.863. The van der Waals surface area contributed by atoms with Crippen LogP contribution in [0.1, 0.15) is 25.8 Å². The van der Waals surface area contributed by atoms with E-state index in [4.69, 9.17) is 0 Å². The molecule has 24 heavy (non-hydrogen) atoms. The first kappa shape index (κ1) is 18.4. The largest absolute Gasteiger partial charge is 0.419 e. The molecule has 1 aliphatic rings. The Labute approximate surface area is 139 Å². The van der Waals surface area contributed by atoms with Crippen molar-refractivity contribution in [3.63, 3.8) is 0 Å². The fraction of sp³-hybridized carbons (Fsp3) is 0.667. The number of amides is 1. The van der Waals surface area contributed by atoms with Gasteiger partial charge in [-0.15, -0.1) is 0 Å². The van der Waals surface area contributed by atoms with Crippen molar-refractivity contribution in [2.24, 2.45) is 0 Å². The Hall–Kier alpha value is -1.90. The van der Waals surface area contributed by atoms with E-state index in [2.05, 4.69) is 15.3 Å². The van der Waals surface area contributed by atoms with Gasteiger partial charge in [-0.1, -0.05) is 13.8 Å². The molecule has 0 unspecified atom stereocenters. The molecule has 6 nitrogen and oxygen atoms in total. The van der Waals surface area contributed by atoms with Crippen LogP contribution in [0.2, 0.25) is 0 Å². The molecule has 1 N–H and O–H groups in total. The lowest BCUT2D eigenvalue weighted by Gasteiger charge is -2.34. The van der Waals surface area contributed by atoms with Gasteiger partial charge in [-0.3, -0.25) is 4.79 Å². The number of aromatic nitrogens is 2. The molecule has 1 aromatic heterocycles. The fourth-order valence-electron chi connectivity index (χ4n) is 2.41. The molecule has 0 saturated carbocycles. The number of hydrogen-bond acceptors (Lipinski definition) is 5. The van der Waals surface area contributed by atoms with Gasteiger partial charge in [-0.25, -0.2) is 9.97 Å². The second-order valence-corrected chi connectivity index (χ2v) is 6.00. The smallest absolute Gasteiger partial charge is 0.339 e. The highest BCUT2D eigenvalue weighted by Crippen LogP contribution is 2.28. The summed E-state index contributed by atoms with van der Waals surface area (Å²) >= 11 is 0. The van der Waals surface area contributed by atoms with Gasteiger partial charge in [0.1, 0.15) is 0 Å². The highest BCUT2D eigenvalue weighted by atomic mass is 19.4. The van der Waals surface area contributed by atoms with Crippen molar-refractivity contribution in [1.29, 1.82) is 0 Å². The Morgan fingerprint density at radius 3 is 2.29 bits per heavy atom. The van der Waals surface area contributed by atoms with Crippen molar-refractivity contribution < 1.29 is 18.0 Å². The van der Waals surface area contributed by atoms with Crippen molar-refractivity contribution >= 4 is 11.9 Å². The molecular formula is C15H22F3N5O. The number of hydrogen-bond donors (Lipinski definition) is 1. The van der Waals surface area contributed by atoms with Gasteiger partial charge < -0.3 is 15.1 Å². The minimum Gasteiger partial charge on any atom is -0.339 e. The predicted octanol–water partition coefficient (Wildman–Crippen LogP) is 1.53. The van der Waals surface area contributed by atoms with Gasteiger partial charge in [0.25, 0.3) is 0 Å². The van der Waals surface area contributed by atoms with E-state index in [-0.39, 0.29) is 11.9 Å². The molecule has 0 aromatic carbocycles. The van der Waals surface area contributed by atoms with E-state index in [0.717, 1.165) is 12.4 Å². The van der Waals surface area contributed by atoms with E-state index in [1.54, 1.807) is 9.80 Å². The van der Waals surface area contributed by atoms with E-state index in [1.165, 1.54) is 0 Å². The number of halogens is 3. The number of nitrogens with one attached hydrogen (secondary N) is 1. The lowest BCUT2D eigenvalue weighted by Crippen LogP contribution is -2.49. The molecule has 2 rings (SSSR count). The Morgan fingerprint density at radius 1 is 1.21 bits per heavy atom. The Morgan fingerprint density at radius 2 is 1.79 bits per heavy atom. The van der Waals surface area contributed by atoms with Crippen LogP contribution >= 0.6 is 0 Å². The second kappa shape index (κ2) is 7.78. The van der Waals surface area contributed by atoms with Crippen molar-refractivity contribution in [3.8, 4) is 0 Å². The summed E-state index contributed by atoms with van der Waals surface area (Å²) in [4.78, 5) is 23.2. The van der Waals surface area contributed by atoms with Gasteiger partial charge in [-0.05, 0) is 0 Å². The van der Waals surface area contributed by atoms with Crippen LogP contribution in [-0.4, -0.2) is 59.5 Å². The molecule has 0 bridgehead atoms. The lowest BCUT2D eigenvalue weighted by molar-refractivity contribution is -0.138. The van der Waals surface area contributed by atoms with Crippen molar-refractivity contribution in [2.75, 3.05) is 37.6 Å². The third-order valence-electron chi connectivity index (χ3n) is 3.77. The zero-order valence-electron chi connectivity index (χ0n) is 13.8. The highest BCUT2D eigenvalue weighted by Gasteiger charge is 2.32. The van der Waals surface area contributed by atoms with E-state index >= 15 is 0 Å². The van der Waals surface area contributed by atoms with Gasteiger partial charge in [0.05, 0.1) is 5.56 Å². The van der Waals surface area contributed by atoms with Crippen LogP contribution in [0.25, 0.3) is 0 Å². The first-order valence-electron chi connectivity index (χ1n) is 7.92. The summed E-state index contributed by atoms with van der Waals surface area (Å²) in [6, 6.07) is 0.339. The number of carbonyl (C=O) groups is 1. The minimum absolute atomic E-state index is 0.0798. The van der Waals surface area contributed by atoms with Gasteiger partial charge in [0.2, 0.25) is 11.9 Å². The fourth-order valence-corrected chi connectivity index (χ4v) is 2.41. The van der Waals surface area contributed by atoms with Crippen molar-refractivity contribution in [1.82, 2.24) is 20.2 Å². The summed E-state index contributed by atoms with van der Waals surface area (Å²) in [5.74, 6) is 0.340. The normalized spacial score (nSPS) is 15.9. The van der Waals surface area contributed by atoms with E-state index in [9.17, 15) is 18.0 Å². The number of rotatable bonds is 5. The summed E-state index contributed by atoms with van der Waals surface area (Å²) in [6.07, 6.45) is -2.42. The van der Waals surface area contributed by atoms with Gasteiger partial charge >= 0.3 is 6.18 Å². The molecule has 1 aliphatic heterocycles. The number of piperazine rings is 1. The van der Waals surface area contributed by atoms with Crippen LogP contribution in [0.4, 0.5) is 19.1 Å². The van der Waals surface area contributed by atoms with Crippen LogP contribution in [0.3, 0.4) is 0 Å². The number of anilines is 1. The minimum atomic E-state index is -4.44. The predicted molar refractivity (Wildman–Crippen MR) is 83.6 cm³/mol. The van der Waals surface area contributed by atoms with Gasteiger partial charge in [-0.2, -0.15) is 13.2 Å². The number of carbonyl (C=O) groups excluding carboxylic acids is 1. The molecule has 0 spiro atoms. The van der Waals surface area contributed by atoms with Crippen molar-refractivity contribution in [2.45, 2.75) is 32.5 Å². The van der Waals surface area contributed by atoms with E-state index in [1.807, 2.05) is 13.8 Å². The zero-order valence-corrected chi connectivity index (χ0v) is 13.8. The average molecular weight is 345 g/mol. The molecule has 2 heterocycles. The molecular weight excluding hydrogens is 323 g/mol. The molecule has 0 radical (unpaired) electrons. The Bertz CT molecular complexity index is 539. The Kier molecular flexibility index (Phi) is 5.98. The second-order valence-electron chi connectivity index (χ2n) is 6.00. The van der Waals surface area contributed by atoms with Crippen LogP contribution in [-0.2, 0) is 11.0 Å². The van der Waals surface area contributed by atoms with E-state index in [0.29, 0.717) is 45.2 Å². The number of alkyl halides is 3. The molecule has 0 aliphatic carbocycles. The molecule has 1 saturated heterocycles. The summed E-state index contributed by atoms with van der Waals surface area (Å²) in [5, 5.41) is 3.20. The van der Waals surface area contributed by atoms with Crippen LogP contribution in [0.5, 0.6) is 0 Å². The first-order chi connectivity index (χ1) is 11.3. The maximum Gasteiger partial charge on any atom is 0.419 e. The first-order valence-corrected chi connectivity index (χ1v) is 7.92. The number of nitrogens with zero attached hydrogens (tertiary/aromatic N) is 4. The topological polar surface area (TPSA) is 61.4 Å². The van der Waals surface area contributed by atoms with E-state index < -0.39 is 11.7 Å². The summed E-state index contributed by atoms with van der Waals surface area (Å²) in [7, 11) is 0. The maximum atomic E-state index is 12.5. The summed E-state index contributed by atoms with van der Waals surface area (Å²) < 4.78 is 37.5. The average Bonchev–Trinajstić information content (AvgIpc) is 2.54.